The monoisotopic (exact) mass is 1230 g/mol. The van der Waals surface area contributed by atoms with Crippen LogP contribution in [0.5, 0.6) is 17.2 Å². The van der Waals surface area contributed by atoms with Crippen molar-refractivity contribution in [3.8, 4) is 34.3 Å². The minimum atomic E-state index is -0.754. The Kier molecular flexibility index (Phi) is 17.6. The van der Waals surface area contributed by atoms with Crippen molar-refractivity contribution in [2.75, 3.05) is 37.1 Å². The number of aromatic nitrogens is 9. The number of aromatic hydroxyl groups is 3. The summed E-state index contributed by atoms with van der Waals surface area (Å²) in [6.45, 7) is 24.2. The molecule has 0 fully saturated rings. The van der Waals surface area contributed by atoms with E-state index in [9.17, 15) is 29.7 Å². The van der Waals surface area contributed by atoms with Crippen LogP contribution >= 0.6 is 35.3 Å². The number of hydrogen-bond donors (Lipinski definition) is 3. The number of phenolic OH excluding ortho intramolecular Hbond substituents is 3. The number of aryl methyl sites for hydroxylation is 3. The summed E-state index contributed by atoms with van der Waals surface area (Å²) in [4.78, 5) is 48.2. The van der Waals surface area contributed by atoms with E-state index < -0.39 is 17.9 Å². The van der Waals surface area contributed by atoms with Gasteiger partial charge in [0.2, 0.25) is 0 Å². The largest absolute Gasteiger partial charge is 0.505 e. The molecule has 87 heavy (non-hydrogen) atoms. The predicted molar refractivity (Wildman–Crippen MR) is 341 cm³/mol. The van der Waals surface area contributed by atoms with E-state index in [4.69, 9.17) is 29.5 Å². The van der Waals surface area contributed by atoms with Gasteiger partial charge in [0, 0.05) is 48.6 Å². The maximum Gasteiger partial charge on any atom is 0.338 e. The Balaban J connectivity index is 0.796. The van der Waals surface area contributed by atoms with Crippen LogP contribution in [0.3, 0.4) is 0 Å². The van der Waals surface area contributed by atoms with Crippen LogP contribution in [0, 0.1) is 20.8 Å². The molecular weight excluding hydrogens is 1160 g/mol. The number of benzene rings is 7. The lowest BCUT2D eigenvalue weighted by Gasteiger charge is -2.22. The number of rotatable bonds is 18. The third-order valence-corrected chi connectivity index (χ3v) is 17.1. The van der Waals surface area contributed by atoms with E-state index in [1.807, 2.05) is 174 Å². The first-order chi connectivity index (χ1) is 41.2. The second-order valence-electron chi connectivity index (χ2n) is 24.5. The van der Waals surface area contributed by atoms with E-state index >= 15 is 0 Å². The van der Waals surface area contributed by atoms with Gasteiger partial charge in [-0.2, -0.15) is 0 Å². The molecule has 7 aromatic carbocycles. The summed E-state index contributed by atoms with van der Waals surface area (Å²) in [5.74, 6) is -0.795. The number of hydrogen-bond acceptors (Lipinski definition) is 18. The highest BCUT2D eigenvalue weighted by molar-refractivity contribution is 7.99. The van der Waals surface area contributed by atoms with Gasteiger partial charge in [-0.15, -0.1) is 80.3 Å². The average Bonchev–Trinajstić information content (AvgIpc) is 2.48. The highest BCUT2D eigenvalue weighted by Gasteiger charge is 2.27. The number of carbonyl (C=O) groups excluding carboxylic acids is 3. The molecule has 450 valence electrons. The third-order valence-electron chi connectivity index (χ3n) is 14.2. The summed E-state index contributed by atoms with van der Waals surface area (Å²) in [7, 11) is 0. The van der Waals surface area contributed by atoms with Gasteiger partial charge < -0.3 is 29.5 Å². The standard InChI is InChI=1S/C66H69N9O9S3/c1-37-25-46(64(4,5)6)58(76)55(28-37)73-67-49-16-13-43(34-52(49)70-73)85-22-19-82-61(79)40-31-41(62(80)83-20-23-86-44-14-17-50-53(35-44)71-74(68-50)56-29-38(2)26-47(59(56)77)65(7,8)9)33-42(32-40)63(81)84-21-24-87-45-15-18-51-54(36-45)72-75(69-51)57-30-39(3)27-48(60(57)78)66(10,11)12/h13-18,25-36,76-78H,19-24H2,1-12H3. The van der Waals surface area contributed by atoms with Gasteiger partial charge >= 0.3 is 17.9 Å². The fraction of sp³-hybridized carbons (Fsp3) is 0.318. The number of thioether (sulfide) groups is 3. The van der Waals surface area contributed by atoms with Gasteiger partial charge in [-0.05, 0) is 145 Å². The third kappa shape index (κ3) is 14.1. The Morgan fingerprint density at radius 3 is 0.885 bits per heavy atom. The molecule has 0 bridgehead atoms. The normalized spacial score (nSPS) is 12.1. The van der Waals surface area contributed by atoms with Gasteiger partial charge in [0.25, 0.3) is 0 Å². The Hall–Kier alpha value is -8.40. The summed E-state index contributed by atoms with van der Waals surface area (Å²) in [5, 5.41) is 61.7. The van der Waals surface area contributed by atoms with Crippen molar-refractivity contribution in [3.63, 3.8) is 0 Å². The van der Waals surface area contributed by atoms with E-state index in [0.717, 1.165) is 48.1 Å². The number of nitrogens with zero attached hydrogens (tertiary/aromatic N) is 9. The number of phenols is 3. The molecule has 0 saturated heterocycles. The van der Waals surface area contributed by atoms with Gasteiger partial charge in [0.1, 0.15) is 87.2 Å². The highest BCUT2D eigenvalue weighted by Crippen LogP contribution is 2.40. The summed E-state index contributed by atoms with van der Waals surface area (Å²) in [6.07, 6.45) is 0. The Labute approximate surface area is 517 Å². The van der Waals surface area contributed by atoms with Crippen molar-refractivity contribution in [1.82, 2.24) is 45.0 Å². The van der Waals surface area contributed by atoms with Crippen LogP contribution in [0.25, 0.3) is 50.2 Å². The molecule has 0 radical (unpaired) electrons. The van der Waals surface area contributed by atoms with E-state index in [1.54, 1.807) is 0 Å². The van der Waals surface area contributed by atoms with Crippen LogP contribution in [-0.2, 0) is 30.5 Å². The molecule has 0 aliphatic rings. The van der Waals surface area contributed by atoms with Crippen LogP contribution in [-0.4, -0.2) is 115 Å². The number of esters is 3. The smallest absolute Gasteiger partial charge is 0.338 e. The molecule has 0 atom stereocenters. The molecule has 0 amide bonds. The van der Waals surface area contributed by atoms with E-state index in [0.29, 0.717) is 67.4 Å². The lowest BCUT2D eigenvalue weighted by Crippen LogP contribution is -2.15. The molecule has 0 unspecified atom stereocenters. The molecule has 3 heterocycles. The number of fused-ring (bicyclic) bond motifs is 3. The molecule has 0 aliphatic heterocycles. The van der Waals surface area contributed by atoms with Gasteiger partial charge in [-0.3, -0.25) is 0 Å². The molecule has 10 rings (SSSR count). The summed E-state index contributed by atoms with van der Waals surface area (Å²) in [6, 6.07) is 32.4. The topological polar surface area (TPSA) is 232 Å². The summed E-state index contributed by atoms with van der Waals surface area (Å²) in [5.41, 5.74) is 9.50. The molecule has 0 aliphatic carbocycles. The predicted octanol–water partition coefficient (Wildman–Crippen LogP) is 13.7. The van der Waals surface area contributed by atoms with Crippen molar-refractivity contribution in [1.29, 1.82) is 0 Å². The quantitative estimate of drug-likeness (QED) is 0.0314. The fourth-order valence-electron chi connectivity index (χ4n) is 9.84. The van der Waals surface area contributed by atoms with Crippen LogP contribution in [0.15, 0.2) is 124 Å². The van der Waals surface area contributed by atoms with Gasteiger partial charge in [0.15, 0.2) is 0 Å². The second kappa shape index (κ2) is 24.8. The minimum absolute atomic E-state index is 0.00682. The zero-order valence-electron chi connectivity index (χ0n) is 50.7. The molecule has 10 aromatic rings. The SMILES string of the molecule is Cc1cc(-n2nc3ccc(SCCOC(=O)c4cc(C(=O)OCCSc5ccc6nn(-c7cc(C)cc(C(C)(C)C)c7O)nc6c5)cc(C(=O)OCCSc5ccc6nn(-c7cc(C)cc(C(C)(C)C)c7O)nc6c5)c4)cc3n2)c(O)c(C(C)(C)C)c1. The zero-order valence-corrected chi connectivity index (χ0v) is 53.1. The van der Waals surface area contributed by atoms with Crippen LogP contribution in [0.1, 0.15) is 127 Å². The van der Waals surface area contributed by atoms with Crippen LogP contribution in [0.2, 0.25) is 0 Å². The first-order valence-electron chi connectivity index (χ1n) is 28.4. The van der Waals surface area contributed by atoms with Crippen molar-refractivity contribution in [3.05, 3.63) is 159 Å². The molecule has 3 N–H and O–H groups in total. The van der Waals surface area contributed by atoms with Crippen molar-refractivity contribution in [2.24, 2.45) is 0 Å². The lowest BCUT2D eigenvalue weighted by molar-refractivity contribution is 0.0527. The highest BCUT2D eigenvalue weighted by atomic mass is 32.2. The van der Waals surface area contributed by atoms with Crippen molar-refractivity contribution >= 4 is 86.3 Å². The molecule has 0 saturated carbocycles. The number of carbonyl (C=O) groups is 3. The molecular formula is C66H69N9O9S3. The Morgan fingerprint density at radius 1 is 0.379 bits per heavy atom. The van der Waals surface area contributed by atoms with Gasteiger partial charge in [0.05, 0.1) is 16.7 Å². The number of ether oxygens (including phenoxy) is 3. The maximum absolute atomic E-state index is 13.8. The Bertz CT molecular complexity index is 3860. The van der Waals surface area contributed by atoms with Crippen LogP contribution in [0.4, 0.5) is 0 Å². The lowest BCUT2D eigenvalue weighted by atomic mass is 9.85. The summed E-state index contributed by atoms with van der Waals surface area (Å²) < 4.78 is 17.2. The van der Waals surface area contributed by atoms with Crippen LogP contribution < -0.4 is 0 Å². The van der Waals surface area contributed by atoms with Gasteiger partial charge in [-0.1, -0.05) is 80.5 Å². The van der Waals surface area contributed by atoms with E-state index in [1.165, 1.54) is 67.9 Å². The fourth-order valence-corrected chi connectivity index (χ4v) is 12.1. The average molecular weight is 1230 g/mol. The minimum Gasteiger partial charge on any atom is -0.505 e. The van der Waals surface area contributed by atoms with Gasteiger partial charge in [-0.25, -0.2) is 14.4 Å². The zero-order chi connectivity index (χ0) is 62.3. The van der Waals surface area contributed by atoms with E-state index in [2.05, 4.69) is 15.3 Å². The second-order valence-corrected chi connectivity index (χ2v) is 28.0. The molecule has 21 heteroatoms. The summed E-state index contributed by atoms with van der Waals surface area (Å²) >= 11 is 4.32. The molecule has 18 nitrogen and oxygen atoms in total. The maximum atomic E-state index is 13.8. The van der Waals surface area contributed by atoms with Crippen molar-refractivity contribution < 1.29 is 43.9 Å². The van der Waals surface area contributed by atoms with Crippen molar-refractivity contribution in [2.45, 2.75) is 114 Å². The Morgan fingerprint density at radius 2 is 0.632 bits per heavy atom. The van der Waals surface area contributed by atoms with E-state index in [-0.39, 0.29) is 70.0 Å². The molecule has 3 aromatic heterocycles. The molecule has 0 spiro atoms. The first-order valence-corrected chi connectivity index (χ1v) is 31.3. The first kappa shape index (κ1) is 61.7.